The molecule has 5 nitrogen and oxygen atoms in total. The van der Waals surface area contributed by atoms with Gasteiger partial charge in [-0.25, -0.2) is 0 Å². The first kappa shape index (κ1) is 15.5. The Labute approximate surface area is 135 Å². The van der Waals surface area contributed by atoms with Crippen LogP contribution in [0.25, 0.3) is 0 Å². The molecule has 0 aliphatic carbocycles. The molecule has 1 amide bonds. The molecule has 2 N–H and O–H groups in total. The van der Waals surface area contributed by atoms with E-state index >= 15 is 0 Å². The van der Waals surface area contributed by atoms with Crippen LogP contribution in [-0.2, 0) is 9.47 Å². The molecule has 0 aromatic heterocycles. The van der Waals surface area contributed by atoms with Gasteiger partial charge in [0, 0.05) is 12.2 Å². The summed E-state index contributed by atoms with van der Waals surface area (Å²) >= 11 is 0. The van der Waals surface area contributed by atoms with E-state index in [1.54, 1.807) is 6.07 Å². The molecule has 120 valence electrons. The van der Waals surface area contributed by atoms with Crippen LogP contribution in [0.15, 0.2) is 54.6 Å². The Bertz CT molecular complexity index is 640. The Morgan fingerprint density at radius 1 is 1.04 bits per heavy atom. The third kappa shape index (κ3) is 4.31. The molecule has 0 unspecified atom stereocenters. The molecule has 0 radical (unpaired) electrons. The molecule has 2 aromatic carbocycles. The molecule has 23 heavy (non-hydrogen) atoms. The lowest BCUT2D eigenvalue weighted by Crippen LogP contribution is -2.39. The van der Waals surface area contributed by atoms with Gasteiger partial charge in [-0.15, -0.1) is 0 Å². The minimum absolute atomic E-state index is 0.0815. The molecule has 0 bridgehead atoms. The zero-order chi connectivity index (χ0) is 15.9. The summed E-state index contributed by atoms with van der Waals surface area (Å²) in [4.78, 5) is 12.5. The summed E-state index contributed by atoms with van der Waals surface area (Å²) in [5, 5.41) is 6.19. The second-order valence-electron chi connectivity index (χ2n) is 5.31. The summed E-state index contributed by atoms with van der Waals surface area (Å²) < 4.78 is 10.9. The third-order valence-electron chi connectivity index (χ3n) is 3.60. The van der Waals surface area contributed by atoms with Gasteiger partial charge < -0.3 is 20.1 Å². The van der Waals surface area contributed by atoms with Gasteiger partial charge in [0.2, 0.25) is 0 Å². The first-order valence-corrected chi connectivity index (χ1v) is 7.71. The number of amides is 1. The van der Waals surface area contributed by atoms with Gasteiger partial charge >= 0.3 is 0 Å². The number of hydrogen-bond acceptors (Lipinski definition) is 4. The predicted octanol–water partition coefficient (Wildman–Crippen LogP) is 2.58. The average molecular weight is 312 g/mol. The molecule has 1 aliphatic heterocycles. The minimum Gasteiger partial charge on any atom is -0.376 e. The number of rotatable bonds is 5. The summed E-state index contributed by atoms with van der Waals surface area (Å²) in [5.41, 5.74) is 2.32. The molecule has 1 fully saturated rings. The van der Waals surface area contributed by atoms with Crippen LogP contribution in [0.2, 0.25) is 0 Å². The standard InChI is InChI=1S/C18H20N2O3/c21-18(19-12-15-13-22-10-11-23-15)16-8-4-5-9-17(16)20-14-6-2-1-3-7-14/h1-9,15,20H,10-13H2,(H,19,21)/t15-/m0/s1. The van der Waals surface area contributed by atoms with Crippen LogP contribution in [0.4, 0.5) is 11.4 Å². The highest BCUT2D eigenvalue weighted by Crippen LogP contribution is 2.20. The van der Waals surface area contributed by atoms with Crippen molar-refractivity contribution in [2.75, 3.05) is 31.7 Å². The maximum Gasteiger partial charge on any atom is 0.253 e. The lowest BCUT2D eigenvalue weighted by molar-refractivity contribution is -0.0855. The molecule has 1 atom stereocenters. The average Bonchev–Trinajstić information content (AvgIpc) is 2.62. The fourth-order valence-electron chi connectivity index (χ4n) is 2.42. The van der Waals surface area contributed by atoms with E-state index in [-0.39, 0.29) is 12.0 Å². The molecule has 0 saturated carbocycles. The van der Waals surface area contributed by atoms with Crippen LogP contribution >= 0.6 is 0 Å². The van der Waals surface area contributed by atoms with Crippen molar-refractivity contribution in [2.45, 2.75) is 6.10 Å². The lowest BCUT2D eigenvalue weighted by atomic mass is 10.1. The van der Waals surface area contributed by atoms with Crippen LogP contribution < -0.4 is 10.6 Å². The zero-order valence-electron chi connectivity index (χ0n) is 12.8. The van der Waals surface area contributed by atoms with Crippen molar-refractivity contribution in [3.05, 3.63) is 60.2 Å². The number of carbonyl (C=O) groups is 1. The van der Waals surface area contributed by atoms with E-state index < -0.39 is 0 Å². The van der Waals surface area contributed by atoms with Gasteiger partial charge in [0.25, 0.3) is 5.91 Å². The van der Waals surface area contributed by atoms with Crippen molar-refractivity contribution >= 4 is 17.3 Å². The van der Waals surface area contributed by atoms with Gasteiger partial charge in [0.05, 0.1) is 37.2 Å². The van der Waals surface area contributed by atoms with Crippen molar-refractivity contribution in [3.8, 4) is 0 Å². The van der Waals surface area contributed by atoms with Crippen molar-refractivity contribution in [1.29, 1.82) is 0 Å². The largest absolute Gasteiger partial charge is 0.376 e. The number of carbonyl (C=O) groups excluding carboxylic acids is 1. The molecule has 0 spiro atoms. The van der Waals surface area contributed by atoms with E-state index in [1.807, 2.05) is 48.5 Å². The molecule has 1 heterocycles. The number of ether oxygens (including phenoxy) is 2. The van der Waals surface area contributed by atoms with E-state index in [1.165, 1.54) is 0 Å². The second kappa shape index (κ2) is 7.76. The van der Waals surface area contributed by atoms with Gasteiger partial charge in [-0.2, -0.15) is 0 Å². The van der Waals surface area contributed by atoms with Gasteiger partial charge in [-0.1, -0.05) is 30.3 Å². The van der Waals surface area contributed by atoms with Gasteiger partial charge in [-0.05, 0) is 24.3 Å². The summed E-state index contributed by atoms with van der Waals surface area (Å²) in [6.45, 7) is 2.16. The zero-order valence-corrected chi connectivity index (χ0v) is 12.8. The van der Waals surface area contributed by atoms with Crippen molar-refractivity contribution in [2.24, 2.45) is 0 Å². The third-order valence-corrected chi connectivity index (χ3v) is 3.60. The fourth-order valence-corrected chi connectivity index (χ4v) is 2.42. The second-order valence-corrected chi connectivity index (χ2v) is 5.31. The van der Waals surface area contributed by atoms with E-state index in [0.29, 0.717) is 31.9 Å². The molecule has 3 rings (SSSR count). The maximum atomic E-state index is 12.5. The Morgan fingerprint density at radius 3 is 2.61 bits per heavy atom. The summed E-state index contributed by atoms with van der Waals surface area (Å²) in [6.07, 6.45) is -0.0815. The highest BCUT2D eigenvalue weighted by Gasteiger charge is 2.17. The predicted molar refractivity (Wildman–Crippen MR) is 89.1 cm³/mol. The lowest BCUT2D eigenvalue weighted by Gasteiger charge is -2.23. The van der Waals surface area contributed by atoms with Crippen molar-refractivity contribution < 1.29 is 14.3 Å². The number of nitrogens with one attached hydrogen (secondary N) is 2. The van der Waals surface area contributed by atoms with E-state index in [2.05, 4.69) is 10.6 Å². The number of anilines is 2. The fraction of sp³-hybridized carbons (Fsp3) is 0.278. The molecule has 5 heteroatoms. The van der Waals surface area contributed by atoms with E-state index in [4.69, 9.17) is 9.47 Å². The van der Waals surface area contributed by atoms with E-state index in [0.717, 1.165) is 11.4 Å². The Hall–Kier alpha value is -2.37. The monoisotopic (exact) mass is 312 g/mol. The first-order valence-electron chi connectivity index (χ1n) is 7.71. The van der Waals surface area contributed by atoms with Gasteiger partial charge in [0.15, 0.2) is 0 Å². The van der Waals surface area contributed by atoms with Crippen LogP contribution in [0.3, 0.4) is 0 Å². The van der Waals surface area contributed by atoms with Crippen molar-refractivity contribution in [1.82, 2.24) is 5.32 Å². The van der Waals surface area contributed by atoms with Crippen LogP contribution in [0.1, 0.15) is 10.4 Å². The van der Waals surface area contributed by atoms with Crippen molar-refractivity contribution in [3.63, 3.8) is 0 Å². The Balaban J connectivity index is 1.65. The first-order chi connectivity index (χ1) is 11.3. The quantitative estimate of drug-likeness (QED) is 0.891. The molecule has 2 aromatic rings. The Morgan fingerprint density at radius 2 is 1.83 bits per heavy atom. The number of para-hydroxylation sites is 2. The SMILES string of the molecule is O=C(NC[C@H]1COCCO1)c1ccccc1Nc1ccccc1. The summed E-state index contributed by atoms with van der Waals surface area (Å²) in [7, 11) is 0. The van der Waals surface area contributed by atoms with E-state index in [9.17, 15) is 4.79 Å². The molecule has 1 aliphatic rings. The number of hydrogen-bond donors (Lipinski definition) is 2. The minimum atomic E-state index is -0.127. The highest BCUT2D eigenvalue weighted by atomic mass is 16.6. The summed E-state index contributed by atoms with van der Waals surface area (Å²) in [5.74, 6) is -0.127. The maximum absolute atomic E-state index is 12.5. The normalized spacial score (nSPS) is 17.5. The smallest absolute Gasteiger partial charge is 0.253 e. The van der Waals surface area contributed by atoms with Crippen LogP contribution in [-0.4, -0.2) is 38.4 Å². The molecule has 1 saturated heterocycles. The highest BCUT2D eigenvalue weighted by molar-refractivity contribution is 6.00. The summed E-state index contributed by atoms with van der Waals surface area (Å²) in [6, 6.07) is 17.2. The van der Waals surface area contributed by atoms with Gasteiger partial charge in [0.1, 0.15) is 0 Å². The molecular formula is C18H20N2O3. The topological polar surface area (TPSA) is 59.6 Å². The van der Waals surface area contributed by atoms with Crippen LogP contribution in [0.5, 0.6) is 0 Å². The molecular weight excluding hydrogens is 292 g/mol. The van der Waals surface area contributed by atoms with Gasteiger partial charge in [-0.3, -0.25) is 4.79 Å². The Kier molecular flexibility index (Phi) is 5.24. The van der Waals surface area contributed by atoms with Crippen LogP contribution in [0, 0.1) is 0 Å². The number of benzene rings is 2.